The van der Waals surface area contributed by atoms with Gasteiger partial charge in [-0.1, -0.05) is 146 Å². The fraction of sp³-hybridized carbons (Fsp3) is 0. The third-order valence-corrected chi connectivity index (χ3v) is 9.49. The van der Waals surface area contributed by atoms with Crippen LogP contribution in [0.1, 0.15) is 0 Å². The predicted octanol–water partition coefficient (Wildman–Crippen LogP) is 11.5. The molecule has 3 aromatic heterocycles. The molecular formula is C45H28N4O. The minimum atomic E-state index is 0.545. The van der Waals surface area contributed by atoms with E-state index in [0.717, 1.165) is 77.1 Å². The average molecular weight is 641 g/mol. The van der Waals surface area contributed by atoms with Crippen molar-refractivity contribution < 1.29 is 4.42 Å². The number of nitrogens with zero attached hydrogens (tertiary/aromatic N) is 4. The van der Waals surface area contributed by atoms with Crippen LogP contribution < -0.4 is 0 Å². The van der Waals surface area contributed by atoms with Crippen molar-refractivity contribution >= 4 is 43.7 Å². The molecule has 10 rings (SSSR count). The van der Waals surface area contributed by atoms with E-state index in [2.05, 4.69) is 120 Å². The van der Waals surface area contributed by atoms with E-state index in [1.165, 1.54) is 0 Å². The Bertz CT molecular complexity index is 2860. The molecule has 0 fully saturated rings. The van der Waals surface area contributed by atoms with E-state index in [1.807, 2.05) is 54.6 Å². The molecule has 0 aliphatic carbocycles. The van der Waals surface area contributed by atoms with Gasteiger partial charge in [-0.15, -0.1) is 0 Å². The molecule has 3 heterocycles. The SMILES string of the molecule is c1ccc(-c2nc(-c3cccc4c3oc3cccc(-c5ccccc5)c34)nc(-n3c4ccccc4c4c(-c5ccccc5)cccc43)n2)cc1. The second kappa shape index (κ2) is 11.4. The van der Waals surface area contributed by atoms with E-state index in [1.54, 1.807) is 0 Å². The lowest BCUT2D eigenvalue weighted by molar-refractivity contribution is 0.669. The Morgan fingerprint density at radius 2 is 0.920 bits per heavy atom. The van der Waals surface area contributed by atoms with Crippen LogP contribution in [0.3, 0.4) is 0 Å². The largest absolute Gasteiger partial charge is 0.455 e. The van der Waals surface area contributed by atoms with Gasteiger partial charge in [0.2, 0.25) is 5.95 Å². The van der Waals surface area contributed by atoms with E-state index >= 15 is 0 Å². The Labute approximate surface area is 287 Å². The summed E-state index contributed by atoms with van der Waals surface area (Å²) < 4.78 is 8.84. The number of aromatic nitrogens is 4. The molecule has 0 atom stereocenters. The number of benzene rings is 7. The van der Waals surface area contributed by atoms with Gasteiger partial charge in [0.1, 0.15) is 11.2 Å². The molecule has 7 aromatic carbocycles. The number of fused-ring (bicyclic) bond motifs is 6. The third-order valence-electron chi connectivity index (χ3n) is 9.49. The zero-order chi connectivity index (χ0) is 33.0. The molecule has 5 nitrogen and oxygen atoms in total. The van der Waals surface area contributed by atoms with Gasteiger partial charge in [-0.25, -0.2) is 4.98 Å². The Balaban J connectivity index is 1.26. The molecule has 0 amide bonds. The van der Waals surface area contributed by atoms with Crippen molar-refractivity contribution in [3.8, 4) is 51.0 Å². The van der Waals surface area contributed by atoms with Crippen molar-refractivity contribution in [2.75, 3.05) is 0 Å². The highest BCUT2D eigenvalue weighted by Crippen LogP contribution is 2.41. The van der Waals surface area contributed by atoms with Crippen LogP contribution in [0.25, 0.3) is 94.7 Å². The smallest absolute Gasteiger partial charge is 0.238 e. The summed E-state index contributed by atoms with van der Waals surface area (Å²) in [5.74, 6) is 1.68. The number of rotatable bonds is 5. The summed E-state index contributed by atoms with van der Waals surface area (Å²) in [6, 6.07) is 58.5. The van der Waals surface area contributed by atoms with Gasteiger partial charge in [0.15, 0.2) is 11.6 Å². The summed E-state index contributed by atoms with van der Waals surface area (Å²) in [7, 11) is 0. The van der Waals surface area contributed by atoms with Crippen LogP contribution in [-0.4, -0.2) is 19.5 Å². The minimum Gasteiger partial charge on any atom is -0.455 e. The molecule has 50 heavy (non-hydrogen) atoms. The van der Waals surface area contributed by atoms with Crippen LogP contribution in [-0.2, 0) is 0 Å². The maximum Gasteiger partial charge on any atom is 0.238 e. The Kier molecular flexibility index (Phi) is 6.42. The van der Waals surface area contributed by atoms with Crippen LogP contribution >= 0.6 is 0 Å². The zero-order valence-corrected chi connectivity index (χ0v) is 26.9. The molecule has 5 heteroatoms. The Morgan fingerprint density at radius 1 is 0.380 bits per heavy atom. The van der Waals surface area contributed by atoms with Gasteiger partial charge in [0.25, 0.3) is 0 Å². The third kappa shape index (κ3) is 4.45. The molecule has 0 saturated heterocycles. The summed E-state index contributed by atoms with van der Waals surface area (Å²) in [6.07, 6.45) is 0. The monoisotopic (exact) mass is 640 g/mol. The molecule has 234 valence electrons. The van der Waals surface area contributed by atoms with Crippen molar-refractivity contribution in [1.29, 1.82) is 0 Å². The van der Waals surface area contributed by atoms with Crippen LogP contribution in [0.4, 0.5) is 0 Å². The fourth-order valence-corrected chi connectivity index (χ4v) is 7.28. The Morgan fingerprint density at radius 3 is 1.66 bits per heavy atom. The molecule has 0 saturated carbocycles. The lowest BCUT2D eigenvalue weighted by atomic mass is 9.99. The van der Waals surface area contributed by atoms with Crippen LogP contribution in [0.2, 0.25) is 0 Å². The molecule has 0 aliphatic heterocycles. The van der Waals surface area contributed by atoms with Crippen molar-refractivity contribution in [2.24, 2.45) is 0 Å². The van der Waals surface area contributed by atoms with E-state index in [0.29, 0.717) is 17.6 Å². The van der Waals surface area contributed by atoms with Gasteiger partial charge in [0.05, 0.1) is 16.6 Å². The van der Waals surface area contributed by atoms with Crippen LogP contribution in [0, 0.1) is 0 Å². The fourth-order valence-electron chi connectivity index (χ4n) is 7.28. The molecule has 0 N–H and O–H groups in total. The summed E-state index contributed by atoms with van der Waals surface area (Å²) in [4.78, 5) is 15.5. The normalized spacial score (nSPS) is 11.6. The maximum atomic E-state index is 6.67. The maximum absolute atomic E-state index is 6.67. The molecule has 0 radical (unpaired) electrons. The van der Waals surface area contributed by atoms with Crippen molar-refractivity contribution in [3.05, 3.63) is 170 Å². The molecular weight excluding hydrogens is 613 g/mol. The average Bonchev–Trinajstić information content (AvgIpc) is 3.75. The van der Waals surface area contributed by atoms with Crippen molar-refractivity contribution in [3.63, 3.8) is 0 Å². The van der Waals surface area contributed by atoms with Crippen molar-refractivity contribution in [2.45, 2.75) is 0 Å². The lowest BCUT2D eigenvalue weighted by Crippen LogP contribution is -2.06. The summed E-state index contributed by atoms with van der Waals surface area (Å²) in [5, 5.41) is 4.39. The van der Waals surface area contributed by atoms with E-state index < -0.39 is 0 Å². The highest BCUT2D eigenvalue weighted by atomic mass is 16.3. The second-order valence-corrected chi connectivity index (χ2v) is 12.4. The van der Waals surface area contributed by atoms with Gasteiger partial charge in [-0.2, -0.15) is 9.97 Å². The first-order valence-electron chi connectivity index (χ1n) is 16.7. The summed E-state index contributed by atoms with van der Waals surface area (Å²) >= 11 is 0. The molecule has 10 aromatic rings. The first-order chi connectivity index (χ1) is 24.8. The molecule has 0 spiro atoms. The van der Waals surface area contributed by atoms with Crippen LogP contribution in [0.15, 0.2) is 174 Å². The second-order valence-electron chi connectivity index (χ2n) is 12.4. The topological polar surface area (TPSA) is 56.7 Å². The number of para-hydroxylation sites is 2. The van der Waals surface area contributed by atoms with Crippen LogP contribution in [0.5, 0.6) is 0 Å². The van der Waals surface area contributed by atoms with E-state index in [4.69, 9.17) is 19.4 Å². The summed E-state index contributed by atoms with van der Waals surface area (Å²) in [6.45, 7) is 0. The number of furan rings is 1. The molecule has 0 bridgehead atoms. The number of hydrogen-bond acceptors (Lipinski definition) is 4. The highest BCUT2D eigenvalue weighted by Gasteiger charge is 2.22. The van der Waals surface area contributed by atoms with Gasteiger partial charge in [0, 0.05) is 27.1 Å². The summed E-state index contributed by atoms with van der Waals surface area (Å²) in [5.41, 5.74) is 9.93. The molecule has 0 unspecified atom stereocenters. The quantitative estimate of drug-likeness (QED) is 0.188. The van der Waals surface area contributed by atoms with Crippen molar-refractivity contribution in [1.82, 2.24) is 19.5 Å². The van der Waals surface area contributed by atoms with Gasteiger partial charge in [-0.05, 0) is 46.5 Å². The molecule has 0 aliphatic rings. The predicted molar refractivity (Wildman–Crippen MR) is 203 cm³/mol. The van der Waals surface area contributed by atoms with E-state index in [-0.39, 0.29) is 0 Å². The highest BCUT2D eigenvalue weighted by molar-refractivity contribution is 6.16. The lowest BCUT2D eigenvalue weighted by Gasteiger charge is -2.11. The Hall–Kier alpha value is -6.85. The standard InChI is InChI=1S/C45H28N4O/c1-4-15-29(16-5-1)32-22-13-27-38-40(32)34-21-10-11-26-37(34)49(38)45-47-43(31-19-8-3-9-20-31)46-44(48-45)36-25-12-24-35-41-33(30-17-6-2-7-18-30)23-14-28-39(41)50-42(35)36/h1-28H. The minimum absolute atomic E-state index is 0.545. The first-order valence-corrected chi connectivity index (χ1v) is 16.7. The number of hydrogen-bond donors (Lipinski definition) is 0. The van der Waals surface area contributed by atoms with Gasteiger partial charge in [-0.3, -0.25) is 4.57 Å². The van der Waals surface area contributed by atoms with Gasteiger partial charge >= 0.3 is 0 Å². The van der Waals surface area contributed by atoms with Gasteiger partial charge < -0.3 is 4.42 Å². The van der Waals surface area contributed by atoms with E-state index in [9.17, 15) is 0 Å². The zero-order valence-electron chi connectivity index (χ0n) is 26.9. The first kappa shape index (κ1) is 28.2.